The van der Waals surface area contributed by atoms with E-state index in [0.717, 1.165) is 6.07 Å². The summed E-state index contributed by atoms with van der Waals surface area (Å²) in [6.45, 7) is 0. The van der Waals surface area contributed by atoms with Crippen LogP contribution in [0.2, 0.25) is 0 Å². The second-order valence-corrected chi connectivity index (χ2v) is 8.84. The fraction of sp³-hybridized carbons (Fsp3) is 0.143. The number of sulfonamides is 1. The van der Waals surface area contributed by atoms with Crippen LogP contribution in [-0.2, 0) is 14.8 Å². The van der Waals surface area contributed by atoms with Gasteiger partial charge in [-0.3, -0.25) is 4.79 Å². The Balaban J connectivity index is 1.85. The Morgan fingerprint density at radius 1 is 0.917 bits per heavy atom. The third kappa shape index (κ3) is 6.45. The zero-order chi connectivity index (χ0) is 26.5. The molecule has 0 fully saturated rings. The van der Waals surface area contributed by atoms with Gasteiger partial charge in [0.15, 0.2) is 0 Å². The minimum atomic E-state index is -5.26. The minimum Gasteiger partial charge on any atom is -0.419 e. The van der Waals surface area contributed by atoms with E-state index in [9.17, 15) is 31.2 Å². The van der Waals surface area contributed by atoms with Crippen molar-refractivity contribution in [1.82, 2.24) is 20.0 Å². The van der Waals surface area contributed by atoms with Crippen molar-refractivity contribution in [3.63, 3.8) is 0 Å². The molecule has 0 bridgehead atoms. The number of hydrogen-bond donors (Lipinski definition) is 4. The Morgan fingerprint density at radius 2 is 1.56 bits per heavy atom. The number of nitrogens with zero attached hydrogens (tertiary/aromatic N) is 2. The lowest BCUT2D eigenvalue weighted by Gasteiger charge is -2.14. The maximum absolute atomic E-state index is 12.7. The zero-order valence-electron chi connectivity index (χ0n) is 18.7. The van der Waals surface area contributed by atoms with Gasteiger partial charge in [0.25, 0.3) is 5.91 Å². The lowest BCUT2D eigenvalue weighted by molar-refractivity contribution is -0.189. The van der Waals surface area contributed by atoms with Gasteiger partial charge in [-0.2, -0.15) is 13.2 Å². The van der Waals surface area contributed by atoms with Crippen molar-refractivity contribution in [2.75, 3.05) is 24.7 Å². The minimum absolute atomic E-state index is 0.0274. The lowest BCUT2D eigenvalue weighted by Crippen LogP contribution is -2.29. The van der Waals surface area contributed by atoms with Gasteiger partial charge in [-0.25, -0.2) is 27.9 Å². The molecule has 36 heavy (non-hydrogen) atoms. The van der Waals surface area contributed by atoms with E-state index in [1.165, 1.54) is 56.8 Å². The molecule has 15 heteroatoms. The van der Waals surface area contributed by atoms with E-state index in [0.29, 0.717) is 5.69 Å². The normalized spacial score (nSPS) is 11.5. The molecule has 0 aliphatic carbocycles. The number of ether oxygens (including phenoxy) is 1. The van der Waals surface area contributed by atoms with Crippen LogP contribution in [0.25, 0.3) is 0 Å². The first-order chi connectivity index (χ1) is 16.9. The van der Waals surface area contributed by atoms with Crippen LogP contribution in [0, 0.1) is 0 Å². The largest absolute Gasteiger partial charge is 0.491 e. The molecule has 1 aromatic heterocycles. The van der Waals surface area contributed by atoms with E-state index < -0.39 is 33.8 Å². The van der Waals surface area contributed by atoms with E-state index in [1.807, 2.05) is 0 Å². The summed E-state index contributed by atoms with van der Waals surface area (Å²) in [4.78, 5) is 31.4. The monoisotopic (exact) mass is 524 g/mol. The molecule has 0 saturated carbocycles. The number of carbonyl (C=O) groups excluding carboxylic acids is 2. The van der Waals surface area contributed by atoms with E-state index in [-0.39, 0.29) is 27.8 Å². The number of benzene rings is 2. The highest BCUT2D eigenvalue weighted by Crippen LogP contribution is 2.29. The van der Waals surface area contributed by atoms with E-state index >= 15 is 0 Å². The van der Waals surface area contributed by atoms with Crippen LogP contribution in [0.3, 0.4) is 0 Å². The molecular formula is C21H19F3N6O5S. The van der Waals surface area contributed by atoms with Crippen LogP contribution in [0.4, 0.5) is 36.2 Å². The molecule has 0 spiro atoms. The van der Waals surface area contributed by atoms with Gasteiger partial charge >= 0.3 is 12.1 Å². The SMILES string of the molecule is CNC(=O)c1ccc(Nc2cc(Nc3cccc(S(=O)(=O)NC)c3)ncn2)cc1OC(=O)C(F)(F)F. The summed E-state index contributed by atoms with van der Waals surface area (Å²) in [5.74, 6) is -3.41. The molecule has 11 nitrogen and oxygen atoms in total. The highest BCUT2D eigenvalue weighted by atomic mass is 32.2. The van der Waals surface area contributed by atoms with Crippen LogP contribution in [-0.4, -0.2) is 50.5 Å². The summed E-state index contributed by atoms with van der Waals surface area (Å²) in [6, 6.07) is 11.0. The smallest absolute Gasteiger partial charge is 0.419 e. The number of halogens is 3. The molecule has 0 radical (unpaired) electrons. The van der Waals surface area contributed by atoms with Gasteiger partial charge in [-0.05, 0) is 37.4 Å². The molecule has 0 aliphatic heterocycles. The van der Waals surface area contributed by atoms with Gasteiger partial charge in [-0.1, -0.05) is 6.07 Å². The molecule has 3 rings (SSSR count). The molecule has 4 N–H and O–H groups in total. The van der Waals surface area contributed by atoms with Gasteiger partial charge in [0, 0.05) is 30.6 Å². The molecule has 3 aromatic rings. The number of alkyl halides is 3. The number of anilines is 4. The average molecular weight is 524 g/mol. The Hall–Kier alpha value is -4.24. The van der Waals surface area contributed by atoms with E-state index in [1.54, 1.807) is 6.07 Å². The molecule has 0 aliphatic rings. The Morgan fingerprint density at radius 3 is 2.14 bits per heavy atom. The highest BCUT2D eigenvalue weighted by molar-refractivity contribution is 7.89. The molecule has 0 saturated heterocycles. The number of rotatable bonds is 8. The Bertz CT molecular complexity index is 1400. The van der Waals surface area contributed by atoms with Crippen molar-refractivity contribution in [2.45, 2.75) is 11.1 Å². The molecule has 1 heterocycles. The fourth-order valence-corrected chi connectivity index (χ4v) is 3.59. The predicted octanol–water partition coefficient (Wildman–Crippen LogP) is 2.70. The fourth-order valence-electron chi connectivity index (χ4n) is 2.81. The number of nitrogens with one attached hydrogen (secondary N) is 4. The average Bonchev–Trinajstić information content (AvgIpc) is 2.83. The summed E-state index contributed by atoms with van der Waals surface area (Å²) in [7, 11) is -1.11. The van der Waals surface area contributed by atoms with Crippen molar-refractivity contribution in [1.29, 1.82) is 0 Å². The lowest BCUT2D eigenvalue weighted by atomic mass is 10.1. The Labute approximate surface area is 203 Å². The topological polar surface area (TPSA) is 151 Å². The second-order valence-electron chi connectivity index (χ2n) is 6.95. The molecule has 1 amide bonds. The molecule has 0 atom stereocenters. The summed E-state index contributed by atoms with van der Waals surface area (Å²) in [5, 5.41) is 7.98. The number of hydrogen-bond acceptors (Lipinski definition) is 9. The van der Waals surface area contributed by atoms with Crippen LogP contribution >= 0.6 is 0 Å². The zero-order valence-corrected chi connectivity index (χ0v) is 19.5. The van der Waals surface area contributed by atoms with Gasteiger partial charge in [0.05, 0.1) is 10.5 Å². The quantitative estimate of drug-likeness (QED) is 0.257. The van der Waals surface area contributed by atoms with Crippen molar-refractivity contribution in [3.8, 4) is 5.75 Å². The molecule has 190 valence electrons. The van der Waals surface area contributed by atoms with Crippen molar-refractivity contribution in [2.24, 2.45) is 0 Å². The van der Waals surface area contributed by atoms with Crippen LogP contribution in [0.15, 0.2) is 59.8 Å². The summed E-state index contributed by atoms with van der Waals surface area (Å²) in [6.07, 6.45) is -4.08. The maximum atomic E-state index is 12.7. The number of amides is 1. The number of esters is 1. The summed E-state index contributed by atoms with van der Waals surface area (Å²) in [5.41, 5.74) is 0.272. The molecule has 2 aromatic carbocycles. The molecule has 0 unspecified atom stereocenters. The second kappa shape index (κ2) is 10.6. The van der Waals surface area contributed by atoms with E-state index in [2.05, 4.69) is 35.4 Å². The first-order valence-corrected chi connectivity index (χ1v) is 11.5. The predicted molar refractivity (Wildman–Crippen MR) is 123 cm³/mol. The van der Waals surface area contributed by atoms with Gasteiger partial charge in [0.2, 0.25) is 10.0 Å². The van der Waals surface area contributed by atoms with Crippen molar-refractivity contribution < 1.29 is 35.9 Å². The summed E-state index contributed by atoms with van der Waals surface area (Å²) < 4.78 is 68.7. The van der Waals surface area contributed by atoms with Gasteiger partial charge in [0.1, 0.15) is 23.7 Å². The first kappa shape index (κ1) is 26.4. The Kier molecular flexibility index (Phi) is 7.74. The van der Waals surface area contributed by atoms with Crippen molar-refractivity contribution >= 4 is 44.9 Å². The first-order valence-electron chi connectivity index (χ1n) is 9.98. The number of carbonyl (C=O) groups is 2. The van der Waals surface area contributed by atoms with Gasteiger partial charge < -0.3 is 20.7 Å². The van der Waals surface area contributed by atoms with Gasteiger partial charge in [-0.15, -0.1) is 0 Å². The maximum Gasteiger partial charge on any atom is 0.491 e. The highest BCUT2D eigenvalue weighted by Gasteiger charge is 2.42. The number of aromatic nitrogens is 2. The van der Waals surface area contributed by atoms with E-state index in [4.69, 9.17) is 0 Å². The van der Waals surface area contributed by atoms with Crippen molar-refractivity contribution in [3.05, 3.63) is 60.4 Å². The van der Waals surface area contributed by atoms with Crippen LogP contribution in [0.1, 0.15) is 10.4 Å². The summed E-state index contributed by atoms with van der Waals surface area (Å²) >= 11 is 0. The standard InChI is InChI=1S/C21H19F3N6O5S/c1-25-19(31)15-7-6-13(9-16(15)35-20(32)21(22,23)24)30-18-10-17(27-11-28-18)29-12-4-3-5-14(8-12)36(33,34)26-2/h3-11,26H,1-2H3,(H,25,31)(H2,27,28,29,30). The third-order valence-electron chi connectivity index (χ3n) is 4.51. The van der Waals surface area contributed by atoms with Crippen LogP contribution in [0.5, 0.6) is 5.75 Å². The van der Waals surface area contributed by atoms with Crippen LogP contribution < -0.4 is 25.4 Å². The molecular weight excluding hydrogens is 505 g/mol. The third-order valence-corrected chi connectivity index (χ3v) is 5.92.